The Morgan fingerprint density at radius 3 is 2.53 bits per heavy atom. The number of hydrogen-bond donors (Lipinski definition) is 0. The maximum Gasteiger partial charge on any atom is 0.0882 e. The largest absolute Gasteiger partial charge is 0.0882 e. The molecule has 0 unspecified atom stereocenters. The van der Waals surface area contributed by atoms with Gasteiger partial charge in [0.2, 0.25) is 0 Å². The third kappa shape index (κ3) is 1.29. The second-order valence-corrected chi connectivity index (χ2v) is 10.4. The maximum atomic E-state index is 2.41. The zero-order chi connectivity index (χ0) is 11.3. The number of benzene rings is 2. The highest BCUT2D eigenvalue weighted by Crippen LogP contribution is 2.40. The highest BCUT2D eigenvalue weighted by atomic mass is 28.3. The topological polar surface area (TPSA) is 0 Å². The van der Waals surface area contributed by atoms with Crippen molar-refractivity contribution >= 4 is 24.0 Å². The van der Waals surface area contributed by atoms with Crippen LogP contribution in [0.2, 0.25) is 18.1 Å². The van der Waals surface area contributed by atoms with Gasteiger partial charge < -0.3 is 0 Å². The van der Waals surface area contributed by atoms with Crippen molar-refractivity contribution in [3.05, 3.63) is 42.0 Å². The Hall–Kier alpha value is -1.08. The zero-order valence-electron chi connectivity index (χ0n) is 10.2. The van der Waals surface area contributed by atoms with Crippen LogP contribution in [0.1, 0.15) is 18.4 Å². The fraction of sp³-hybridized carbons (Fsp3) is 0.375. The minimum absolute atomic E-state index is 1.05. The molecule has 86 valence electrons. The van der Waals surface area contributed by atoms with Crippen molar-refractivity contribution in [1.29, 1.82) is 0 Å². The van der Waals surface area contributed by atoms with Gasteiger partial charge in [-0.25, -0.2) is 0 Å². The third-order valence-corrected chi connectivity index (χ3v) is 10.5. The molecule has 0 atom stereocenters. The molecule has 2 aliphatic rings. The zero-order valence-corrected chi connectivity index (χ0v) is 11.2. The molecule has 0 radical (unpaired) electrons. The normalized spacial score (nSPS) is 21.2. The predicted octanol–water partition coefficient (Wildman–Crippen LogP) is 3.85. The van der Waals surface area contributed by atoms with Crippen molar-refractivity contribution in [3.63, 3.8) is 0 Å². The molecule has 1 fully saturated rings. The van der Waals surface area contributed by atoms with Gasteiger partial charge in [-0.2, -0.15) is 0 Å². The first-order chi connectivity index (χ1) is 8.39. The molecule has 0 saturated carbocycles. The van der Waals surface area contributed by atoms with Gasteiger partial charge >= 0.3 is 0 Å². The number of fused-ring (bicyclic) bond motifs is 4. The van der Waals surface area contributed by atoms with Gasteiger partial charge in [-0.3, -0.25) is 0 Å². The molecule has 17 heavy (non-hydrogen) atoms. The Morgan fingerprint density at radius 1 is 0.824 bits per heavy atom. The number of aryl methyl sites for hydroxylation is 1. The predicted molar refractivity (Wildman–Crippen MR) is 76.7 cm³/mol. The molecule has 0 bridgehead atoms. The van der Waals surface area contributed by atoms with E-state index < -0.39 is 8.07 Å². The second-order valence-electron chi connectivity index (χ2n) is 5.81. The lowest BCUT2D eigenvalue weighted by atomic mass is 10.1. The average molecular weight is 238 g/mol. The molecular weight excluding hydrogens is 220 g/mol. The maximum absolute atomic E-state index is 2.41. The van der Waals surface area contributed by atoms with Gasteiger partial charge in [-0.1, -0.05) is 61.3 Å². The van der Waals surface area contributed by atoms with E-state index in [1.807, 2.05) is 5.19 Å². The van der Waals surface area contributed by atoms with Crippen LogP contribution in [0.15, 0.2) is 36.4 Å². The van der Waals surface area contributed by atoms with Crippen molar-refractivity contribution in [2.75, 3.05) is 0 Å². The van der Waals surface area contributed by atoms with Gasteiger partial charge in [0.15, 0.2) is 0 Å². The van der Waals surface area contributed by atoms with Crippen LogP contribution in [-0.2, 0) is 6.42 Å². The van der Waals surface area contributed by atoms with E-state index in [1.165, 1.54) is 30.7 Å². The lowest BCUT2D eigenvalue weighted by molar-refractivity contribution is 0.935. The smallest absolute Gasteiger partial charge is 0.0616 e. The Kier molecular flexibility index (Phi) is 2.01. The van der Waals surface area contributed by atoms with Crippen molar-refractivity contribution < 1.29 is 0 Å². The summed E-state index contributed by atoms with van der Waals surface area (Å²) < 4.78 is 0. The van der Waals surface area contributed by atoms with Crippen LogP contribution in [-0.4, -0.2) is 8.07 Å². The fourth-order valence-corrected chi connectivity index (χ4v) is 9.99. The van der Waals surface area contributed by atoms with E-state index in [9.17, 15) is 0 Å². The van der Waals surface area contributed by atoms with E-state index in [2.05, 4.69) is 36.4 Å². The van der Waals surface area contributed by atoms with Crippen LogP contribution < -0.4 is 5.19 Å². The van der Waals surface area contributed by atoms with Crippen LogP contribution in [0, 0.1) is 0 Å². The van der Waals surface area contributed by atoms with Crippen LogP contribution in [0.25, 0.3) is 10.8 Å². The summed E-state index contributed by atoms with van der Waals surface area (Å²) in [4.78, 5) is 0. The Bertz CT molecular complexity index is 579. The quantitative estimate of drug-likeness (QED) is 0.612. The van der Waals surface area contributed by atoms with E-state index in [4.69, 9.17) is 0 Å². The number of hydrogen-bond acceptors (Lipinski definition) is 0. The fourth-order valence-electron chi connectivity index (χ4n) is 4.20. The van der Waals surface area contributed by atoms with Crippen LogP contribution in [0.5, 0.6) is 0 Å². The molecule has 4 rings (SSSR count). The first-order valence-corrected chi connectivity index (χ1v) is 9.52. The summed E-state index contributed by atoms with van der Waals surface area (Å²) in [7, 11) is -1.05. The molecule has 1 spiro atoms. The summed E-state index contributed by atoms with van der Waals surface area (Å²) in [6.07, 6.45) is 4.36. The van der Waals surface area contributed by atoms with Crippen molar-refractivity contribution in [3.8, 4) is 0 Å². The monoisotopic (exact) mass is 238 g/mol. The van der Waals surface area contributed by atoms with Crippen LogP contribution >= 0.6 is 0 Å². The van der Waals surface area contributed by atoms with E-state index in [1.54, 1.807) is 23.0 Å². The lowest BCUT2D eigenvalue weighted by Crippen LogP contribution is -2.42. The molecule has 0 aliphatic carbocycles. The van der Waals surface area contributed by atoms with Crippen molar-refractivity contribution in [2.24, 2.45) is 0 Å². The minimum Gasteiger partial charge on any atom is -0.0616 e. The first kappa shape index (κ1) is 9.90. The Balaban J connectivity index is 2.05. The summed E-state index contributed by atoms with van der Waals surface area (Å²) in [5.41, 5.74) is 1.69. The molecular formula is C16H18Si. The van der Waals surface area contributed by atoms with E-state index in [0.717, 1.165) is 0 Å². The van der Waals surface area contributed by atoms with E-state index in [0.29, 0.717) is 0 Å². The molecule has 0 N–H and O–H groups in total. The summed E-state index contributed by atoms with van der Waals surface area (Å²) >= 11 is 0. The SMILES string of the molecule is c1ccc2c3c(ccc2c1)CC[Si]31CCCC1. The Labute approximate surface area is 104 Å². The molecule has 2 aromatic carbocycles. The molecule has 1 heteroatoms. The molecule has 0 nitrogen and oxygen atoms in total. The number of rotatable bonds is 0. The van der Waals surface area contributed by atoms with Gasteiger partial charge in [0.25, 0.3) is 0 Å². The first-order valence-electron chi connectivity index (χ1n) is 6.90. The molecule has 2 aromatic rings. The van der Waals surface area contributed by atoms with E-state index in [-0.39, 0.29) is 0 Å². The van der Waals surface area contributed by atoms with Crippen LogP contribution in [0.4, 0.5) is 0 Å². The minimum atomic E-state index is -1.05. The highest BCUT2D eigenvalue weighted by molar-refractivity contribution is 6.95. The lowest BCUT2D eigenvalue weighted by Gasteiger charge is -2.23. The Morgan fingerprint density at radius 2 is 1.65 bits per heavy atom. The van der Waals surface area contributed by atoms with Gasteiger partial charge in [0, 0.05) is 0 Å². The standard InChI is InChI=1S/C16H18Si/c1-2-6-15-13(5-1)7-8-14-9-12-17(16(14)15)10-3-4-11-17/h1-2,5-8H,3-4,9-12H2. The highest BCUT2D eigenvalue weighted by Gasteiger charge is 2.43. The molecule has 0 aromatic heterocycles. The summed E-state index contributed by atoms with van der Waals surface area (Å²) in [6, 6.07) is 18.5. The molecule has 0 amide bonds. The van der Waals surface area contributed by atoms with E-state index >= 15 is 0 Å². The van der Waals surface area contributed by atoms with Gasteiger partial charge in [-0.15, -0.1) is 0 Å². The summed E-state index contributed by atoms with van der Waals surface area (Å²) in [5, 5.41) is 4.91. The van der Waals surface area contributed by atoms with Gasteiger partial charge in [-0.05, 0) is 34.0 Å². The molecule has 2 aliphatic heterocycles. The average Bonchev–Trinajstić information content (AvgIpc) is 2.99. The van der Waals surface area contributed by atoms with Crippen LogP contribution in [0.3, 0.4) is 0 Å². The summed E-state index contributed by atoms with van der Waals surface area (Å²) in [6.45, 7) is 0. The third-order valence-electron chi connectivity index (χ3n) is 4.98. The van der Waals surface area contributed by atoms with Crippen molar-refractivity contribution in [2.45, 2.75) is 37.4 Å². The van der Waals surface area contributed by atoms with Crippen molar-refractivity contribution in [1.82, 2.24) is 0 Å². The molecule has 1 saturated heterocycles. The van der Waals surface area contributed by atoms with Gasteiger partial charge in [0.05, 0.1) is 8.07 Å². The van der Waals surface area contributed by atoms with Gasteiger partial charge in [0.1, 0.15) is 0 Å². The summed E-state index contributed by atoms with van der Waals surface area (Å²) in [5.74, 6) is 0. The molecule has 2 heterocycles. The second kappa shape index (κ2) is 3.46.